The third kappa shape index (κ3) is 2.35. The molecule has 0 unspecified atom stereocenters. The molecule has 4 heteroatoms. The zero-order chi connectivity index (χ0) is 12.4. The van der Waals surface area contributed by atoms with Crippen LogP contribution in [-0.4, -0.2) is 14.9 Å². The Bertz CT molecular complexity index is 502. The molecule has 0 saturated heterocycles. The van der Waals surface area contributed by atoms with E-state index in [2.05, 4.69) is 5.10 Å². The third-order valence-corrected chi connectivity index (χ3v) is 3.14. The molecule has 0 fully saturated rings. The van der Waals surface area contributed by atoms with Gasteiger partial charge in [-0.25, -0.2) is 4.68 Å². The summed E-state index contributed by atoms with van der Waals surface area (Å²) in [6.07, 6.45) is 1.96. The summed E-state index contributed by atoms with van der Waals surface area (Å²) in [6.45, 7) is 3.81. The second-order valence-electron chi connectivity index (χ2n) is 3.99. The van der Waals surface area contributed by atoms with E-state index in [4.69, 9.17) is 11.6 Å². The fourth-order valence-electron chi connectivity index (χ4n) is 1.76. The largest absolute Gasteiger partial charge is 0.388 e. The van der Waals surface area contributed by atoms with Gasteiger partial charge in [-0.1, -0.05) is 36.7 Å². The molecular formula is C13H15ClN2O. The second-order valence-corrected chi connectivity index (χ2v) is 4.40. The third-order valence-electron chi connectivity index (χ3n) is 2.77. The van der Waals surface area contributed by atoms with Gasteiger partial charge in [-0.2, -0.15) is 5.10 Å². The quantitative estimate of drug-likeness (QED) is 0.908. The van der Waals surface area contributed by atoms with Crippen molar-refractivity contribution in [3.05, 3.63) is 46.7 Å². The van der Waals surface area contributed by atoms with Crippen molar-refractivity contribution >= 4 is 11.6 Å². The first-order valence-corrected chi connectivity index (χ1v) is 6.00. The Morgan fingerprint density at radius 1 is 1.41 bits per heavy atom. The number of halogens is 1. The van der Waals surface area contributed by atoms with E-state index in [1.807, 2.05) is 38.1 Å². The number of rotatable bonds is 3. The molecule has 2 aromatic rings. The van der Waals surface area contributed by atoms with Crippen LogP contribution in [0.25, 0.3) is 5.69 Å². The highest BCUT2D eigenvalue weighted by Gasteiger charge is 2.13. The van der Waals surface area contributed by atoms with Crippen LogP contribution in [0, 0.1) is 6.92 Å². The van der Waals surface area contributed by atoms with Gasteiger partial charge in [-0.05, 0) is 19.4 Å². The van der Waals surface area contributed by atoms with Crippen molar-refractivity contribution in [2.45, 2.75) is 26.4 Å². The average Bonchev–Trinajstić information content (AvgIpc) is 2.68. The Hall–Kier alpha value is -1.32. The maximum Gasteiger partial charge on any atom is 0.0819 e. The van der Waals surface area contributed by atoms with Crippen LogP contribution < -0.4 is 0 Å². The van der Waals surface area contributed by atoms with E-state index in [0.29, 0.717) is 11.4 Å². The van der Waals surface area contributed by atoms with Crippen LogP contribution >= 0.6 is 11.6 Å². The van der Waals surface area contributed by atoms with E-state index in [9.17, 15) is 5.11 Å². The van der Waals surface area contributed by atoms with Gasteiger partial charge < -0.3 is 5.11 Å². The number of hydrogen-bond donors (Lipinski definition) is 1. The van der Waals surface area contributed by atoms with Crippen LogP contribution in [0.4, 0.5) is 0 Å². The Labute approximate surface area is 106 Å². The highest BCUT2D eigenvalue weighted by atomic mass is 35.5. The molecule has 17 heavy (non-hydrogen) atoms. The number of aryl methyl sites for hydroxylation is 1. The summed E-state index contributed by atoms with van der Waals surface area (Å²) in [7, 11) is 0. The molecule has 0 aliphatic heterocycles. The van der Waals surface area contributed by atoms with Gasteiger partial charge >= 0.3 is 0 Å². The first kappa shape index (κ1) is 12.1. The van der Waals surface area contributed by atoms with Crippen molar-refractivity contribution in [1.82, 2.24) is 9.78 Å². The minimum atomic E-state index is -0.477. The highest BCUT2D eigenvalue weighted by molar-refractivity contribution is 6.31. The van der Waals surface area contributed by atoms with Crippen molar-refractivity contribution in [3.8, 4) is 5.69 Å². The molecule has 1 heterocycles. The first-order chi connectivity index (χ1) is 8.13. The van der Waals surface area contributed by atoms with Gasteiger partial charge in [-0.3, -0.25) is 0 Å². The number of aliphatic hydroxyl groups is 1. The number of aromatic nitrogens is 2. The zero-order valence-electron chi connectivity index (χ0n) is 9.89. The van der Waals surface area contributed by atoms with E-state index in [1.54, 1.807) is 10.9 Å². The number of nitrogens with zero attached hydrogens (tertiary/aromatic N) is 2. The number of benzene rings is 1. The summed E-state index contributed by atoms with van der Waals surface area (Å²) in [5.74, 6) is 0. The molecule has 0 radical (unpaired) electrons. The molecular weight excluding hydrogens is 236 g/mol. The Morgan fingerprint density at radius 3 is 2.71 bits per heavy atom. The van der Waals surface area contributed by atoms with Gasteiger partial charge in [0.25, 0.3) is 0 Å². The summed E-state index contributed by atoms with van der Waals surface area (Å²) < 4.78 is 1.71. The van der Waals surface area contributed by atoms with E-state index in [0.717, 1.165) is 16.9 Å². The molecule has 0 spiro atoms. The van der Waals surface area contributed by atoms with Gasteiger partial charge in [0.15, 0.2) is 0 Å². The van der Waals surface area contributed by atoms with Crippen molar-refractivity contribution in [3.63, 3.8) is 0 Å². The van der Waals surface area contributed by atoms with Gasteiger partial charge in [0.1, 0.15) is 0 Å². The standard InChI is InChI=1S/C13H15ClN2O/c1-3-13(17)10-6-4-5-7-12(10)16-8-11(14)9(2)15-16/h4-8,13,17H,3H2,1-2H3/t13-/m1/s1. The molecule has 1 atom stereocenters. The van der Waals surface area contributed by atoms with Gasteiger partial charge in [0, 0.05) is 11.8 Å². The number of hydrogen-bond acceptors (Lipinski definition) is 2. The van der Waals surface area contributed by atoms with Crippen molar-refractivity contribution in [2.24, 2.45) is 0 Å². The molecule has 2 rings (SSSR count). The molecule has 0 aliphatic carbocycles. The van der Waals surface area contributed by atoms with Crippen molar-refractivity contribution in [2.75, 3.05) is 0 Å². The molecule has 1 aromatic carbocycles. The first-order valence-electron chi connectivity index (χ1n) is 5.62. The molecule has 90 valence electrons. The minimum absolute atomic E-state index is 0.477. The van der Waals surface area contributed by atoms with Crippen LogP contribution in [0.1, 0.15) is 30.7 Å². The molecule has 0 saturated carbocycles. The van der Waals surface area contributed by atoms with Crippen LogP contribution in [0.2, 0.25) is 5.02 Å². The van der Waals surface area contributed by atoms with E-state index in [1.165, 1.54) is 0 Å². The summed E-state index contributed by atoms with van der Waals surface area (Å²) in [4.78, 5) is 0. The maximum absolute atomic E-state index is 9.97. The summed E-state index contributed by atoms with van der Waals surface area (Å²) in [5, 5.41) is 14.9. The lowest BCUT2D eigenvalue weighted by Crippen LogP contribution is -2.04. The number of aliphatic hydroxyl groups excluding tert-OH is 1. The fourth-order valence-corrected chi connectivity index (χ4v) is 1.89. The van der Waals surface area contributed by atoms with E-state index in [-0.39, 0.29) is 0 Å². The van der Waals surface area contributed by atoms with E-state index >= 15 is 0 Å². The topological polar surface area (TPSA) is 38.0 Å². The SMILES string of the molecule is CC[C@@H](O)c1ccccc1-n1cc(Cl)c(C)n1. The van der Waals surface area contributed by atoms with Crippen LogP contribution in [0.5, 0.6) is 0 Å². The van der Waals surface area contributed by atoms with Crippen molar-refractivity contribution in [1.29, 1.82) is 0 Å². The lowest BCUT2D eigenvalue weighted by molar-refractivity contribution is 0.173. The minimum Gasteiger partial charge on any atom is -0.388 e. The Balaban J connectivity index is 2.51. The van der Waals surface area contributed by atoms with Gasteiger partial charge in [-0.15, -0.1) is 0 Å². The highest BCUT2D eigenvalue weighted by Crippen LogP contribution is 2.25. The molecule has 0 amide bonds. The van der Waals surface area contributed by atoms with Crippen LogP contribution in [0.15, 0.2) is 30.5 Å². The van der Waals surface area contributed by atoms with E-state index < -0.39 is 6.10 Å². The monoisotopic (exact) mass is 250 g/mol. The second kappa shape index (κ2) is 4.90. The molecule has 3 nitrogen and oxygen atoms in total. The average molecular weight is 251 g/mol. The van der Waals surface area contributed by atoms with Crippen molar-refractivity contribution < 1.29 is 5.11 Å². The predicted molar refractivity (Wildman–Crippen MR) is 68.6 cm³/mol. The Morgan fingerprint density at radius 2 is 2.12 bits per heavy atom. The molecule has 1 N–H and O–H groups in total. The van der Waals surface area contributed by atoms with Gasteiger partial charge in [0.05, 0.1) is 22.5 Å². The smallest absolute Gasteiger partial charge is 0.0819 e. The lowest BCUT2D eigenvalue weighted by atomic mass is 10.1. The van der Waals surface area contributed by atoms with Crippen LogP contribution in [0.3, 0.4) is 0 Å². The summed E-state index contributed by atoms with van der Waals surface area (Å²) >= 11 is 6.00. The molecule has 1 aromatic heterocycles. The zero-order valence-corrected chi connectivity index (χ0v) is 10.6. The van der Waals surface area contributed by atoms with Crippen LogP contribution in [-0.2, 0) is 0 Å². The normalized spacial score (nSPS) is 12.7. The Kier molecular flexibility index (Phi) is 3.50. The molecule has 0 aliphatic rings. The molecule has 0 bridgehead atoms. The summed E-state index contributed by atoms with van der Waals surface area (Å²) in [5.41, 5.74) is 2.53. The fraction of sp³-hybridized carbons (Fsp3) is 0.308. The number of para-hydroxylation sites is 1. The predicted octanol–water partition coefficient (Wildman–Crippen LogP) is 3.28. The maximum atomic E-state index is 9.97. The summed E-state index contributed by atoms with van der Waals surface area (Å²) in [6, 6.07) is 7.67. The lowest BCUT2D eigenvalue weighted by Gasteiger charge is -2.13. The van der Waals surface area contributed by atoms with Gasteiger partial charge in [0.2, 0.25) is 0 Å².